The quantitative estimate of drug-likeness (QED) is 0.485. The van der Waals surface area contributed by atoms with Gasteiger partial charge in [-0.2, -0.15) is 0 Å². The van der Waals surface area contributed by atoms with Gasteiger partial charge in [-0.1, -0.05) is 45.5 Å². The van der Waals surface area contributed by atoms with Gasteiger partial charge >= 0.3 is 0 Å². The molecule has 2 aromatic rings. The SMILES string of the molecule is CCC(C)C(NS(=O)(=O)CC12CCC(CC1=O)C2(C)C)C(=O)Nc1nnc(-c2ccc3c(c2)OCO3)s1. The lowest BCUT2D eigenvalue weighted by Gasteiger charge is -2.36. The van der Waals surface area contributed by atoms with Crippen LogP contribution in [0.15, 0.2) is 18.2 Å². The molecule has 5 rings (SSSR count). The van der Waals surface area contributed by atoms with Gasteiger partial charge in [0.1, 0.15) is 16.8 Å². The van der Waals surface area contributed by atoms with Gasteiger partial charge in [0.05, 0.1) is 5.75 Å². The molecule has 1 aromatic heterocycles. The number of anilines is 1. The average Bonchev–Trinajstić information content (AvgIpc) is 3.59. The number of nitrogens with one attached hydrogen (secondary N) is 2. The van der Waals surface area contributed by atoms with Gasteiger partial charge in [0, 0.05) is 17.4 Å². The number of ketones is 1. The Morgan fingerprint density at radius 1 is 1.24 bits per heavy atom. The standard InChI is InChI=1S/C25H32N4O6S2/c1-5-14(2)20(29-37(32,33)12-25-9-8-16(11-19(25)30)24(25,3)4)21(31)26-23-28-27-22(36-23)15-6-7-17-18(10-15)35-13-34-17/h6-7,10,14,16,20,29H,5,8-9,11-13H2,1-4H3,(H,26,28,31). The summed E-state index contributed by atoms with van der Waals surface area (Å²) in [4.78, 5) is 26.2. The molecular formula is C25H32N4O6S2. The van der Waals surface area contributed by atoms with Crippen LogP contribution in [0, 0.1) is 22.7 Å². The van der Waals surface area contributed by atoms with Gasteiger partial charge in [-0.05, 0) is 48.3 Å². The lowest BCUT2D eigenvalue weighted by Crippen LogP contribution is -2.52. The maximum absolute atomic E-state index is 13.4. The molecule has 2 heterocycles. The fourth-order valence-electron chi connectivity index (χ4n) is 5.93. The monoisotopic (exact) mass is 548 g/mol. The van der Waals surface area contributed by atoms with E-state index < -0.39 is 27.4 Å². The van der Waals surface area contributed by atoms with Crippen LogP contribution in [0.5, 0.6) is 11.5 Å². The lowest BCUT2D eigenvalue weighted by atomic mass is 9.70. The zero-order valence-corrected chi connectivity index (χ0v) is 23.0. The minimum atomic E-state index is -3.94. The molecule has 4 atom stereocenters. The maximum Gasteiger partial charge on any atom is 0.244 e. The van der Waals surface area contributed by atoms with E-state index in [9.17, 15) is 18.0 Å². The Labute approximate surface area is 220 Å². The van der Waals surface area contributed by atoms with Crippen molar-refractivity contribution in [1.29, 1.82) is 0 Å². The molecule has 12 heteroatoms. The van der Waals surface area contributed by atoms with Crippen LogP contribution in [0.4, 0.5) is 5.13 Å². The van der Waals surface area contributed by atoms with Crippen LogP contribution >= 0.6 is 11.3 Å². The summed E-state index contributed by atoms with van der Waals surface area (Å²) in [6.45, 7) is 7.87. The largest absolute Gasteiger partial charge is 0.454 e. The third kappa shape index (κ3) is 4.52. The van der Waals surface area contributed by atoms with Crippen LogP contribution in [-0.2, 0) is 19.6 Å². The Morgan fingerprint density at radius 3 is 2.68 bits per heavy atom. The molecule has 2 saturated carbocycles. The van der Waals surface area contributed by atoms with Crippen molar-refractivity contribution in [2.75, 3.05) is 17.9 Å². The van der Waals surface area contributed by atoms with Crippen molar-refractivity contribution in [3.63, 3.8) is 0 Å². The van der Waals surface area contributed by atoms with E-state index in [1.807, 2.05) is 33.8 Å². The highest BCUT2D eigenvalue weighted by atomic mass is 32.2. The molecule has 2 fully saturated rings. The molecule has 2 N–H and O–H groups in total. The second kappa shape index (κ2) is 9.32. The second-order valence-corrected chi connectivity index (χ2v) is 13.6. The number of hydrogen-bond donors (Lipinski definition) is 2. The van der Waals surface area contributed by atoms with E-state index in [0.717, 1.165) is 12.0 Å². The van der Waals surface area contributed by atoms with Crippen LogP contribution in [0.25, 0.3) is 10.6 Å². The Kier molecular flexibility index (Phi) is 6.56. The molecule has 200 valence electrons. The minimum absolute atomic E-state index is 0.0218. The van der Waals surface area contributed by atoms with E-state index in [2.05, 4.69) is 20.2 Å². The molecule has 3 aliphatic rings. The van der Waals surface area contributed by atoms with Crippen LogP contribution in [-0.4, -0.2) is 48.9 Å². The highest BCUT2D eigenvalue weighted by Gasteiger charge is 2.65. The highest BCUT2D eigenvalue weighted by molar-refractivity contribution is 7.89. The summed E-state index contributed by atoms with van der Waals surface area (Å²) in [6.07, 6.45) is 2.43. The summed E-state index contributed by atoms with van der Waals surface area (Å²) < 4.78 is 40.1. The van der Waals surface area contributed by atoms with Gasteiger partial charge in [-0.15, -0.1) is 10.2 Å². The molecule has 2 bridgehead atoms. The van der Waals surface area contributed by atoms with Crippen molar-refractivity contribution < 1.29 is 27.5 Å². The van der Waals surface area contributed by atoms with Crippen molar-refractivity contribution in [3.05, 3.63) is 18.2 Å². The Balaban J connectivity index is 1.31. The van der Waals surface area contributed by atoms with Crippen LogP contribution < -0.4 is 19.5 Å². The zero-order valence-electron chi connectivity index (χ0n) is 21.4. The van der Waals surface area contributed by atoms with Gasteiger partial charge in [-0.3, -0.25) is 14.9 Å². The van der Waals surface area contributed by atoms with Crippen molar-refractivity contribution >= 4 is 38.2 Å². The first-order valence-corrected chi connectivity index (χ1v) is 15.0. The average molecular weight is 549 g/mol. The number of ether oxygens (including phenoxy) is 2. The number of nitrogens with zero attached hydrogens (tertiary/aromatic N) is 2. The van der Waals surface area contributed by atoms with Gasteiger partial charge in [-0.25, -0.2) is 13.1 Å². The van der Waals surface area contributed by atoms with E-state index in [0.29, 0.717) is 35.8 Å². The van der Waals surface area contributed by atoms with Gasteiger partial charge in [0.25, 0.3) is 0 Å². The number of fused-ring (bicyclic) bond motifs is 3. The van der Waals surface area contributed by atoms with E-state index in [4.69, 9.17) is 9.47 Å². The molecule has 37 heavy (non-hydrogen) atoms. The fourth-order valence-corrected chi connectivity index (χ4v) is 8.81. The maximum atomic E-state index is 13.4. The Hall–Kier alpha value is -2.57. The molecule has 1 aliphatic heterocycles. The summed E-state index contributed by atoms with van der Waals surface area (Å²) in [7, 11) is -3.94. The molecular weight excluding hydrogens is 516 g/mol. The predicted molar refractivity (Wildman–Crippen MR) is 139 cm³/mol. The zero-order chi connectivity index (χ0) is 26.6. The lowest BCUT2D eigenvalue weighted by molar-refractivity contribution is -0.128. The predicted octanol–water partition coefficient (Wildman–Crippen LogP) is 3.60. The molecule has 1 aromatic carbocycles. The Morgan fingerprint density at radius 2 is 2.00 bits per heavy atom. The summed E-state index contributed by atoms with van der Waals surface area (Å²) in [5.74, 6) is 0.411. The first kappa shape index (κ1) is 26.1. The number of aromatic nitrogens is 2. The molecule has 4 unspecified atom stereocenters. The molecule has 0 saturated heterocycles. The summed E-state index contributed by atoms with van der Waals surface area (Å²) in [5, 5.41) is 11.8. The first-order valence-electron chi connectivity index (χ1n) is 12.5. The number of rotatable bonds is 9. The number of carbonyl (C=O) groups is 2. The Bertz CT molecular complexity index is 1340. The molecule has 1 amide bonds. The van der Waals surface area contributed by atoms with Crippen molar-refractivity contribution in [2.45, 2.75) is 59.4 Å². The van der Waals surface area contributed by atoms with E-state index in [-0.39, 0.29) is 40.7 Å². The molecule has 0 spiro atoms. The van der Waals surface area contributed by atoms with Gasteiger partial charge in [0.2, 0.25) is 27.9 Å². The normalized spacial score (nSPS) is 25.3. The van der Waals surface area contributed by atoms with Gasteiger partial charge in [0.15, 0.2) is 11.5 Å². The van der Waals surface area contributed by atoms with E-state index in [1.54, 1.807) is 12.1 Å². The fraction of sp³-hybridized carbons (Fsp3) is 0.600. The number of sulfonamides is 1. The third-order valence-corrected chi connectivity index (χ3v) is 11.0. The van der Waals surface area contributed by atoms with Crippen LogP contribution in [0.3, 0.4) is 0 Å². The third-order valence-electron chi connectivity index (χ3n) is 8.65. The molecule has 2 aliphatic carbocycles. The van der Waals surface area contributed by atoms with Crippen LogP contribution in [0.2, 0.25) is 0 Å². The summed E-state index contributed by atoms with van der Waals surface area (Å²) in [6, 6.07) is 4.40. The van der Waals surface area contributed by atoms with Crippen molar-refractivity contribution in [2.24, 2.45) is 22.7 Å². The van der Waals surface area contributed by atoms with Crippen molar-refractivity contribution in [1.82, 2.24) is 14.9 Å². The number of hydrogen-bond acceptors (Lipinski definition) is 9. The summed E-state index contributed by atoms with van der Waals surface area (Å²) in [5.41, 5.74) is -0.525. The summed E-state index contributed by atoms with van der Waals surface area (Å²) >= 11 is 1.18. The van der Waals surface area contributed by atoms with E-state index in [1.165, 1.54) is 11.3 Å². The highest BCUT2D eigenvalue weighted by Crippen LogP contribution is 2.64. The topological polar surface area (TPSA) is 137 Å². The first-order chi connectivity index (χ1) is 17.5. The number of benzene rings is 1. The molecule has 10 nitrogen and oxygen atoms in total. The number of amides is 1. The van der Waals surface area contributed by atoms with Crippen LogP contribution in [0.1, 0.15) is 53.4 Å². The minimum Gasteiger partial charge on any atom is -0.454 e. The van der Waals surface area contributed by atoms with Gasteiger partial charge < -0.3 is 9.47 Å². The smallest absolute Gasteiger partial charge is 0.244 e. The van der Waals surface area contributed by atoms with E-state index >= 15 is 0 Å². The molecule has 0 radical (unpaired) electrons. The number of carbonyl (C=O) groups excluding carboxylic acids is 2. The van der Waals surface area contributed by atoms with Crippen molar-refractivity contribution in [3.8, 4) is 22.1 Å². The number of Topliss-reactive ketones (excluding diaryl/α,β-unsaturated/α-hetero) is 1. The second-order valence-electron chi connectivity index (χ2n) is 10.9.